The fraction of sp³-hybridized carbons (Fsp3) is 0.389. The summed E-state index contributed by atoms with van der Waals surface area (Å²) in [6, 6.07) is 6.75. The van der Waals surface area contributed by atoms with E-state index in [-0.39, 0.29) is 5.82 Å². The molecule has 0 saturated carbocycles. The van der Waals surface area contributed by atoms with E-state index in [1.54, 1.807) is 6.33 Å². The molecule has 7 heteroatoms. The highest BCUT2D eigenvalue weighted by Crippen LogP contribution is 2.31. The number of rotatable bonds is 2. The van der Waals surface area contributed by atoms with Crippen molar-refractivity contribution in [1.82, 2.24) is 19.6 Å². The van der Waals surface area contributed by atoms with Crippen molar-refractivity contribution in [2.45, 2.75) is 19.3 Å². The van der Waals surface area contributed by atoms with Crippen LogP contribution in [0.25, 0.3) is 5.78 Å². The molecule has 1 fully saturated rings. The van der Waals surface area contributed by atoms with Gasteiger partial charge in [-0.1, -0.05) is 0 Å². The number of anilines is 2. The van der Waals surface area contributed by atoms with Crippen molar-refractivity contribution in [3.8, 4) is 0 Å². The molecule has 1 aromatic carbocycles. The minimum Gasteiger partial charge on any atom is -0.368 e. The van der Waals surface area contributed by atoms with Crippen LogP contribution in [0.3, 0.4) is 0 Å². The maximum atomic E-state index is 13.1. The molecular formula is C18H19FN6. The summed E-state index contributed by atoms with van der Waals surface area (Å²) in [5, 5.41) is 4.40. The van der Waals surface area contributed by atoms with Gasteiger partial charge < -0.3 is 9.80 Å². The van der Waals surface area contributed by atoms with Crippen LogP contribution >= 0.6 is 0 Å². The first kappa shape index (κ1) is 14.6. The second-order valence-corrected chi connectivity index (χ2v) is 6.64. The Bertz CT molecular complexity index is 911. The third-order valence-electron chi connectivity index (χ3n) is 5.19. The highest BCUT2D eigenvalue weighted by atomic mass is 19.1. The zero-order valence-corrected chi connectivity index (χ0v) is 13.9. The topological polar surface area (TPSA) is 49.6 Å². The van der Waals surface area contributed by atoms with E-state index in [9.17, 15) is 4.39 Å². The minimum absolute atomic E-state index is 0.191. The summed E-state index contributed by atoms with van der Waals surface area (Å²) < 4.78 is 15.0. The van der Waals surface area contributed by atoms with Crippen molar-refractivity contribution in [2.24, 2.45) is 0 Å². The summed E-state index contributed by atoms with van der Waals surface area (Å²) in [5.74, 6) is 1.66. The van der Waals surface area contributed by atoms with Crippen LogP contribution in [0.1, 0.15) is 17.7 Å². The Morgan fingerprint density at radius 2 is 1.68 bits per heavy atom. The second-order valence-electron chi connectivity index (χ2n) is 6.64. The number of hydrogen-bond acceptors (Lipinski definition) is 5. The highest BCUT2D eigenvalue weighted by Gasteiger charge is 2.27. The molecule has 2 aromatic heterocycles. The van der Waals surface area contributed by atoms with Gasteiger partial charge in [-0.25, -0.2) is 9.37 Å². The Kier molecular flexibility index (Phi) is 3.33. The lowest BCUT2D eigenvalue weighted by Gasteiger charge is -2.37. The van der Waals surface area contributed by atoms with Gasteiger partial charge >= 0.3 is 0 Å². The van der Waals surface area contributed by atoms with Gasteiger partial charge in [-0.3, -0.25) is 0 Å². The molecule has 3 aromatic rings. The molecule has 0 spiro atoms. The van der Waals surface area contributed by atoms with Gasteiger partial charge in [0, 0.05) is 37.4 Å². The van der Waals surface area contributed by atoms with E-state index in [0.717, 1.165) is 56.9 Å². The molecule has 0 unspecified atom stereocenters. The fourth-order valence-corrected chi connectivity index (χ4v) is 3.95. The van der Waals surface area contributed by atoms with Crippen molar-refractivity contribution in [3.63, 3.8) is 0 Å². The van der Waals surface area contributed by atoms with Gasteiger partial charge in [0.15, 0.2) is 0 Å². The maximum absolute atomic E-state index is 13.1. The molecule has 5 rings (SSSR count). The summed E-state index contributed by atoms with van der Waals surface area (Å²) >= 11 is 0. The monoisotopic (exact) mass is 338 g/mol. The standard InChI is InChI=1S/C18H19FN6/c19-13-4-6-14(7-5-13)23-8-10-24(11-9-23)17-15-2-1-3-16(15)22-18-20-12-21-25(17)18/h4-7,12H,1-3,8-11H2. The van der Waals surface area contributed by atoms with Crippen LogP contribution in [0.4, 0.5) is 15.9 Å². The number of aryl methyl sites for hydroxylation is 1. The first-order valence-electron chi connectivity index (χ1n) is 8.76. The fourth-order valence-electron chi connectivity index (χ4n) is 3.95. The average Bonchev–Trinajstić information content (AvgIpc) is 3.29. The van der Waals surface area contributed by atoms with Crippen LogP contribution in [-0.2, 0) is 12.8 Å². The lowest BCUT2D eigenvalue weighted by atomic mass is 10.2. The maximum Gasteiger partial charge on any atom is 0.254 e. The summed E-state index contributed by atoms with van der Waals surface area (Å²) in [7, 11) is 0. The van der Waals surface area contributed by atoms with Crippen molar-refractivity contribution < 1.29 is 4.39 Å². The molecule has 0 N–H and O–H groups in total. The molecule has 25 heavy (non-hydrogen) atoms. The SMILES string of the molecule is Fc1ccc(N2CCN(c3c4c(nc5ncnn35)CCC4)CC2)cc1. The number of fused-ring (bicyclic) bond motifs is 2. The van der Waals surface area contributed by atoms with Gasteiger partial charge in [0.05, 0.1) is 5.69 Å². The molecule has 1 saturated heterocycles. The Balaban J connectivity index is 1.44. The van der Waals surface area contributed by atoms with Gasteiger partial charge in [0.2, 0.25) is 0 Å². The van der Waals surface area contributed by atoms with E-state index in [2.05, 4.69) is 24.9 Å². The van der Waals surface area contributed by atoms with Gasteiger partial charge in [-0.05, 0) is 43.5 Å². The molecule has 0 radical (unpaired) electrons. The van der Waals surface area contributed by atoms with Crippen LogP contribution in [-0.4, -0.2) is 45.8 Å². The first-order valence-corrected chi connectivity index (χ1v) is 8.76. The third kappa shape index (κ3) is 2.42. The average molecular weight is 338 g/mol. The lowest BCUT2D eigenvalue weighted by molar-refractivity contribution is 0.622. The predicted octanol–water partition coefficient (Wildman–Crippen LogP) is 2.08. The molecule has 0 amide bonds. The zero-order chi connectivity index (χ0) is 16.8. The molecule has 6 nitrogen and oxygen atoms in total. The van der Waals surface area contributed by atoms with Gasteiger partial charge in [0.1, 0.15) is 18.0 Å². The molecule has 0 bridgehead atoms. The summed E-state index contributed by atoms with van der Waals surface area (Å²) in [6.07, 6.45) is 4.82. The first-order chi connectivity index (χ1) is 12.3. The molecule has 1 aliphatic heterocycles. The quantitative estimate of drug-likeness (QED) is 0.716. The van der Waals surface area contributed by atoms with Crippen molar-refractivity contribution in [3.05, 3.63) is 47.7 Å². The Labute approximate surface area is 144 Å². The summed E-state index contributed by atoms with van der Waals surface area (Å²) in [4.78, 5) is 13.6. The van der Waals surface area contributed by atoms with Crippen LogP contribution in [0.2, 0.25) is 0 Å². The van der Waals surface area contributed by atoms with E-state index >= 15 is 0 Å². The van der Waals surface area contributed by atoms with Crippen molar-refractivity contribution in [2.75, 3.05) is 36.0 Å². The molecule has 2 aliphatic rings. The minimum atomic E-state index is -0.191. The summed E-state index contributed by atoms with van der Waals surface area (Å²) in [6.45, 7) is 3.61. The smallest absolute Gasteiger partial charge is 0.254 e. The van der Waals surface area contributed by atoms with Crippen LogP contribution < -0.4 is 9.80 Å². The molecule has 1 aliphatic carbocycles. The van der Waals surface area contributed by atoms with Crippen LogP contribution in [0.15, 0.2) is 30.6 Å². The number of benzene rings is 1. The van der Waals surface area contributed by atoms with Crippen LogP contribution in [0, 0.1) is 5.82 Å². The van der Waals surface area contributed by atoms with E-state index in [0.29, 0.717) is 5.78 Å². The van der Waals surface area contributed by atoms with E-state index in [1.165, 1.54) is 23.4 Å². The van der Waals surface area contributed by atoms with Gasteiger partial charge in [-0.2, -0.15) is 14.6 Å². The Morgan fingerprint density at radius 1 is 0.920 bits per heavy atom. The predicted molar refractivity (Wildman–Crippen MR) is 93.6 cm³/mol. The van der Waals surface area contributed by atoms with Crippen LogP contribution in [0.5, 0.6) is 0 Å². The van der Waals surface area contributed by atoms with Crippen molar-refractivity contribution in [1.29, 1.82) is 0 Å². The zero-order valence-electron chi connectivity index (χ0n) is 13.9. The second kappa shape index (κ2) is 5.68. The van der Waals surface area contributed by atoms with E-state index in [4.69, 9.17) is 0 Å². The Hall–Kier alpha value is -2.70. The van der Waals surface area contributed by atoms with Gasteiger partial charge in [-0.15, -0.1) is 0 Å². The van der Waals surface area contributed by atoms with E-state index < -0.39 is 0 Å². The lowest BCUT2D eigenvalue weighted by Crippen LogP contribution is -2.47. The summed E-state index contributed by atoms with van der Waals surface area (Å²) in [5.41, 5.74) is 3.58. The Morgan fingerprint density at radius 3 is 2.48 bits per heavy atom. The van der Waals surface area contributed by atoms with E-state index in [1.807, 2.05) is 16.6 Å². The largest absolute Gasteiger partial charge is 0.368 e. The molecule has 0 atom stereocenters. The molecule has 3 heterocycles. The number of piperazine rings is 1. The highest BCUT2D eigenvalue weighted by molar-refractivity contribution is 5.58. The molecule has 128 valence electrons. The number of nitrogens with zero attached hydrogens (tertiary/aromatic N) is 6. The third-order valence-corrected chi connectivity index (χ3v) is 5.19. The normalized spacial score (nSPS) is 17.3. The molecular weight excluding hydrogens is 319 g/mol. The number of halogens is 1. The number of hydrogen-bond donors (Lipinski definition) is 0. The van der Waals surface area contributed by atoms with Crippen molar-refractivity contribution >= 4 is 17.3 Å². The number of aromatic nitrogens is 4. The van der Waals surface area contributed by atoms with Gasteiger partial charge in [0.25, 0.3) is 5.78 Å².